The van der Waals surface area contributed by atoms with Crippen LogP contribution < -0.4 is 20.3 Å². The average Bonchev–Trinajstić information content (AvgIpc) is 2.62. The highest BCUT2D eigenvalue weighted by molar-refractivity contribution is 5.94. The molecular weight excluding hydrogens is 308 g/mol. The van der Waals surface area contributed by atoms with Crippen molar-refractivity contribution in [3.63, 3.8) is 0 Å². The Kier molecular flexibility index (Phi) is 5.81. The molecule has 0 aromatic heterocycles. The zero-order chi connectivity index (χ0) is 17.5. The monoisotopic (exact) mass is 328 g/mol. The Labute approximate surface area is 140 Å². The van der Waals surface area contributed by atoms with E-state index in [1.807, 2.05) is 5.48 Å². The number of nitrogens with one attached hydrogen (secondary N) is 2. The zero-order valence-corrected chi connectivity index (χ0v) is 13.6. The summed E-state index contributed by atoms with van der Waals surface area (Å²) in [5.74, 6) is 1.00. The minimum atomic E-state index is -0.669. The number of carbonyl (C=O) groups is 1. The predicted molar refractivity (Wildman–Crippen MR) is 92.1 cm³/mol. The number of rotatable bonds is 7. The third-order valence-corrected chi connectivity index (χ3v) is 3.38. The molecule has 126 valence electrons. The van der Waals surface area contributed by atoms with Crippen LogP contribution in [0.2, 0.25) is 0 Å². The standard InChI is InChI=1S/C18H20N2O4/c1-12(20-22)14-4-8-17(9-5-14)24-13(2)18(21)19-15-6-10-16(23-3)11-7-15/h4-11,13,20,22H,1H2,2-3H3,(H,19,21)/t13-/m0/s1. The van der Waals surface area contributed by atoms with Gasteiger partial charge in [-0.25, -0.2) is 0 Å². The van der Waals surface area contributed by atoms with E-state index in [1.54, 1.807) is 62.6 Å². The van der Waals surface area contributed by atoms with E-state index >= 15 is 0 Å². The summed E-state index contributed by atoms with van der Waals surface area (Å²) in [6, 6.07) is 13.9. The van der Waals surface area contributed by atoms with Gasteiger partial charge < -0.3 is 14.8 Å². The maximum Gasteiger partial charge on any atom is 0.265 e. The van der Waals surface area contributed by atoms with Crippen molar-refractivity contribution in [3.05, 3.63) is 60.7 Å². The smallest absolute Gasteiger partial charge is 0.265 e. The largest absolute Gasteiger partial charge is 0.497 e. The van der Waals surface area contributed by atoms with Crippen molar-refractivity contribution in [2.75, 3.05) is 12.4 Å². The van der Waals surface area contributed by atoms with E-state index in [0.717, 1.165) is 11.3 Å². The van der Waals surface area contributed by atoms with Crippen molar-refractivity contribution in [2.45, 2.75) is 13.0 Å². The third-order valence-electron chi connectivity index (χ3n) is 3.38. The maximum absolute atomic E-state index is 12.2. The van der Waals surface area contributed by atoms with Gasteiger partial charge in [-0.05, 0) is 61.0 Å². The first-order chi connectivity index (χ1) is 11.5. The Morgan fingerprint density at radius 1 is 1.08 bits per heavy atom. The van der Waals surface area contributed by atoms with Crippen LogP contribution in [-0.4, -0.2) is 24.3 Å². The van der Waals surface area contributed by atoms with Crippen molar-refractivity contribution in [2.24, 2.45) is 0 Å². The summed E-state index contributed by atoms with van der Waals surface area (Å²) in [6.07, 6.45) is -0.669. The molecule has 0 fully saturated rings. The van der Waals surface area contributed by atoms with Gasteiger partial charge in [-0.2, -0.15) is 0 Å². The highest BCUT2D eigenvalue weighted by Gasteiger charge is 2.15. The maximum atomic E-state index is 12.2. The summed E-state index contributed by atoms with van der Waals surface area (Å²) in [4.78, 5) is 12.2. The topological polar surface area (TPSA) is 79.8 Å². The molecule has 6 heteroatoms. The van der Waals surface area contributed by atoms with Crippen LogP contribution >= 0.6 is 0 Å². The molecule has 2 aromatic carbocycles. The first-order valence-corrected chi connectivity index (χ1v) is 7.34. The molecule has 2 aromatic rings. The van der Waals surface area contributed by atoms with Gasteiger partial charge in [0.05, 0.1) is 12.8 Å². The number of benzene rings is 2. The third kappa shape index (κ3) is 4.50. The van der Waals surface area contributed by atoms with Gasteiger partial charge in [-0.1, -0.05) is 6.58 Å². The van der Waals surface area contributed by atoms with E-state index < -0.39 is 6.10 Å². The number of carbonyl (C=O) groups excluding carboxylic acids is 1. The quantitative estimate of drug-likeness (QED) is 0.681. The lowest BCUT2D eigenvalue weighted by Crippen LogP contribution is -2.30. The minimum absolute atomic E-state index is 0.259. The molecule has 1 atom stereocenters. The molecule has 6 nitrogen and oxygen atoms in total. The van der Waals surface area contributed by atoms with Crippen LogP contribution in [0.4, 0.5) is 5.69 Å². The lowest BCUT2D eigenvalue weighted by molar-refractivity contribution is -0.122. The number of amides is 1. The molecule has 0 bridgehead atoms. The second-order valence-corrected chi connectivity index (χ2v) is 5.09. The predicted octanol–water partition coefficient (Wildman–Crippen LogP) is 3.05. The lowest BCUT2D eigenvalue weighted by Gasteiger charge is -2.15. The van der Waals surface area contributed by atoms with E-state index in [-0.39, 0.29) is 5.91 Å². The van der Waals surface area contributed by atoms with Gasteiger partial charge in [0.1, 0.15) is 11.5 Å². The van der Waals surface area contributed by atoms with Crippen LogP contribution in [0.5, 0.6) is 11.5 Å². The first kappa shape index (κ1) is 17.4. The lowest BCUT2D eigenvalue weighted by atomic mass is 10.2. The summed E-state index contributed by atoms with van der Waals surface area (Å²) in [5.41, 5.74) is 3.75. The second-order valence-electron chi connectivity index (χ2n) is 5.09. The highest BCUT2D eigenvalue weighted by atomic mass is 16.5. The first-order valence-electron chi connectivity index (χ1n) is 7.34. The molecule has 0 aliphatic carbocycles. The SMILES string of the molecule is C=C(NO)c1ccc(O[C@@H](C)C(=O)Nc2ccc(OC)cc2)cc1. The van der Waals surface area contributed by atoms with Crippen molar-refractivity contribution < 1.29 is 19.5 Å². The van der Waals surface area contributed by atoms with Crippen LogP contribution in [0.1, 0.15) is 12.5 Å². The minimum Gasteiger partial charge on any atom is -0.497 e. The summed E-state index contributed by atoms with van der Waals surface area (Å²) < 4.78 is 10.7. The van der Waals surface area contributed by atoms with Crippen molar-refractivity contribution in [3.8, 4) is 11.5 Å². The normalized spacial score (nSPS) is 11.3. The number of hydrogen-bond donors (Lipinski definition) is 3. The summed E-state index contributed by atoms with van der Waals surface area (Å²) in [5, 5.41) is 11.6. The Balaban J connectivity index is 1.94. The van der Waals surface area contributed by atoms with Gasteiger partial charge in [0.2, 0.25) is 0 Å². The summed E-state index contributed by atoms with van der Waals surface area (Å²) in [7, 11) is 1.58. The molecule has 0 radical (unpaired) electrons. The molecule has 0 unspecified atom stereocenters. The van der Waals surface area contributed by atoms with Crippen molar-refractivity contribution >= 4 is 17.3 Å². The molecular formula is C18H20N2O4. The Hall–Kier alpha value is -2.99. The van der Waals surface area contributed by atoms with Gasteiger partial charge in [-0.3, -0.25) is 15.5 Å². The summed E-state index contributed by atoms with van der Waals surface area (Å²) >= 11 is 0. The molecule has 2 rings (SSSR count). The fourth-order valence-corrected chi connectivity index (χ4v) is 1.98. The molecule has 0 saturated heterocycles. The number of hydrogen-bond acceptors (Lipinski definition) is 5. The van der Waals surface area contributed by atoms with Crippen LogP contribution in [0.3, 0.4) is 0 Å². The van der Waals surface area contributed by atoms with E-state index in [0.29, 0.717) is 17.1 Å². The molecule has 0 heterocycles. The number of anilines is 1. The van der Waals surface area contributed by atoms with Gasteiger partial charge >= 0.3 is 0 Å². The van der Waals surface area contributed by atoms with Crippen LogP contribution in [-0.2, 0) is 4.79 Å². The average molecular weight is 328 g/mol. The highest BCUT2D eigenvalue weighted by Crippen LogP contribution is 2.18. The van der Waals surface area contributed by atoms with Gasteiger partial charge in [-0.15, -0.1) is 0 Å². The van der Waals surface area contributed by atoms with Crippen LogP contribution in [0, 0.1) is 0 Å². The van der Waals surface area contributed by atoms with E-state index in [2.05, 4.69) is 11.9 Å². The van der Waals surface area contributed by atoms with Crippen LogP contribution in [0.25, 0.3) is 5.70 Å². The molecule has 0 aliphatic heterocycles. The second kappa shape index (κ2) is 8.03. The van der Waals surface area contributed by atoms with Gasteiger partial charge in [0, 0.05) is 5.69 Å². The fraction of sp³-hybridized carbons (Fsp3) is 0.167. The molecule has 0 saturated carbocycles. The van der Waals surface area contributed by atoms with E-state index in [9.17, 15) is 4.79 Å². The van der Waals surface area contributed by atoms with E-state index in [4.69, 9.17) is 14.7 Å². The van der Waals surface area contributed by atoms with Crippen LogP contribution in [0.15, 0.2) is 55.1 Å². The Morgan fingerprint density at radius 3 is 2.21 bits per heavy atom. The number of methoxy groups -OCH3 is 1. The number of ether oxygens (including phenoxy) is 2. The van der Waals surface area contributed by atoms with Gasteiger partial charge in [0.15, 0.2) is 6.10 Å². The molecule has 3 N–H and O–H groups in total. The molecule has 0 aliphatic rings. The van der Waals surface area contributed by atoms with Crippen molar-refractivity contribution in [1.29, 1.82) is 0 Å². The number of hydroxylamine groups is 1. The Morgan fingerprint density at radius 2 is 1.67 bits per heavy atom. The fourth-order valence-electron chi connectivity index (χ4n) is 1.98. The van der Waals surface area contributed by atoms with Gasteiger partial charge in [0.25, 0.3) is 5.91 Å². The summed E-state index contributed by atoms with van der Waals surface area (Å²) in [6.45, 7) is 5.31. The zero-order valence-electron chi connectivity index (χ0n) is 13.6. The molecule has 24 heavy (non-hydrogen) atoms. The Bertz CT molecular complexity index is 696. The van der Waals surface area contributed by atoms with Crippen molar-refractivity contribution in [1.82, 2.24) is 5.48 Å². The molecule has 1 amide bonds. The molecule has 0 spiro atoms. The van der Waals surface area contributed by atoms with E-state index in [1.165, 1.54) is 0 Å².